The van der Waals surface area contributed by atoms with Crippen LogP contribution >= 0.6 is 0 Å². The Bertz CT molecular complexity index is 3690. The lowest BCUT2D eigenvalue weighted by molar-refractivity contribution is 0.669. The van der Waals surface area contributed by atoms with Gasteiger partial charge in [0.05, 0.1) is 5.69 Å². The first-order chi connectivity index (χ1) is 33.7. The summed E-state index contributed by atoms with van der Waals surface area (Å²) in [6.45, 7) is 0. The number of para-hydroxylation sites is 2. The maximum Gasteiger partial charge on any atom is 0.136 e. The number of anilines is 3. The van der Waals surface area contributed by atoms with Crippen molar-refractivity contribution >= 4 is 39.0 Å². The van der Waals surface area contributed by atoms with Crippen molar-refractivity contribution in [3.63, 3.8) is 0 Å². The summed E-state index contributed by atoms with van der Waals surface area (Å²) in [5.41, 5.74) is 21.3. The SMILES string of the molecule is c1ccc(-c2ccc(-c3ccc(N(c4ccc(-c5ccc6c(c5)oc5ccccc56)cc4)c4ccccc4-c4ccc(-c5ccccc5)cc4-c4ccccc4-c4ccccc4)cc3)cc2)cc1. The molecule has 0 bridgehead atoms. The highest BCUT2D eigenvalue weighted by Crippen LogP contribution is 2.47. The summed E-state index contributed by atoms with van der Waals surface area (Å²) in [6.07, 6.45) is 0. The Morgan fingerprint density at radius 2 is 0.618 bits per heavy atom. The van der Waals surface area contributed by atoms with E-state index in [4.69, 9.17) is 4.42 Å². The van der Waals surface area contributed by atoms with Gasteiger partial charge in [0.15, 0.2) is 0 Å². The fourth-order valence-corrected chi connectivity index (χ4v) is 9.72. The highest BCUT2D eigenvalue weighted by atomic mass is 16.3. The van der Waals surface area contributed by atoms with Crippen LogP contribution in [0.1, 0.15) is 0 Å². The van der Waals surface area contributed by atoms with E-state index in [2.05, 4.69) is 266 Å². The molecule has 0 aliphatic carbocycles. The molecule has 0 spiro atoms. The smallest absolute Gasteiger partial charge is 0.136 e. The number of hydrogen-bond acceptors (Lipinski definition) is 2. The van der Waals surface area contributed by atoms with E-state index in [0.717, 1.165) is 66.8 Å². The minimum absolute atomic E-state index is 0.890. The van der Waals surface area contributed by atoms with Crippen LogP contribution in [0.2, 0.25) is 0 Å². The minimum Gasteiger partial charge on any atom is -0.456 e. The van der Waals surface area contributed by atoms with Crippen LogP contribution in [0, 0.1) is 0 Å². The molecule has 0 aliphatic heterocycles. The second kappa shape index (κ2) is 17.8. The molecule has 0 saturated carbocycles. The Hall–Kier alpha value is -8.98. The van der Waals surface area contributed by atoms with Crippen LogP contribution < -0.4 is 4.90 Å². The summed E-state index contributed by atoms with van der Waals surface area (Å²) in [5.74, 6) is 0. The van der Waals surface area contributed by atoms with Gasteiger partial charge in [-0.05, 0) is 127 Å². The van der Waals surface area contributed by atoms with Crippen LogP contribution in [0.25, 0.3) is 99.8 Å². The Morgan fingerprint density at radius 1 is 0.221 bits per heavy atom. The molecule has 0 atom stereocenters. The number of nitrogens with zero attached hydrogens (tertiary/aromatic N) is 1. The van der Waals surface area contributed by atoms with Gasteiger partial charge in [0.25, 0.3) is 0 Å². The predicted octanol–water partition coefficient (Wildman–Crippen LogP) is 18.7. The van der Waals surface area contributed by atoms with E-state index >= 15 is 0 Å². The monoisotopic (exact) mass is 867 g/mol. The highest BCUT2D eigenvalue weighted by molar-refractivity contribution is 6.06. The molecule has 0 aliphatic rings. The molecule has 320 valence electrons. The zero-order valence-corrected chi connectivity index (χ0v) is 37.3. The van der Waals surface area contributed by atoms with Crippen LogP contribution in [-0.2, 0) is 0 Å². The van der Waals surface area contributed by atoms with Gasteiger partial charge >= 0.3 is 0 Å². The topological polar surface area (TPSA) is 16.4 Å². The summed E-state index contributed by atoms with van der Waals surface area (Å²) in [4.78, 5) is 2.40. The first-order valence-corrected chi connectivity index (χ1v) is 23.2. The zero-order chi connectivity index (χ0) is 45.2. The fourth-order valence-electron chi connectivity index (χ4n) is 9.72. The van der Waals surface area contributed by atoms with Crippen molar-refractivity contribution in [3.8, 4) is 77.9 Å². The first kappa shape index (κ1) is 40.5. The maximum absolute atomic E-state index is 6.31. The van der Waals surface area contributed by atoms with Gasteiger partial charge in [-0.25, -0.2) is 0 Å². The average Bonchev–Trinajstić information content (AvgIpc) is 3.80. The van der Waals surface area contributed by atoms with Crippen molar-refractivity contribution in [3.05, 3.63) is 273 Å². The van der Waals surface area contributed by atoms with E-state index in [1.807, 2.05) is 12.1 Å². The van der Waals surface area contributed by atoms with Gasteiger partial charge in [-0.3, -0.25) is 0 Å². The molecule has 11 aromatic carbocycles. The number of benzene rings is 11. The van der Waals surface area contributed by atoms with Crippen LogP contribution in [0.3, 0.4) is 0 Å². The molecule has 1 heterocycles. The third kappa shape index (κ3) is 7.74. The molecule has 0 saturated heterocycles. The average molecular weight is 868 g/mol. The Morgan fingerprint density at radius 3 is 1.25 bits per heavy atom. The maximum atomic E-state index is 6.31. The summed E-state index contributed by atoms with van der Waals surface area (Å²) < 4.78 is 6.31. The molecule has 68 heavy (non-hydrogen) atoms. The molecule has 0 fully saturated rings. The largest absolute Gasteiger partial charge is 0.456 e. The van der Waals surface area contributed by atoms with Crippen molar-refractivity contribution in [2.24, 2.45) is 0 Å². The van der Waals surface area contributed by atoms with Crippen molar-refractivity contribution in [1.29, 1.82) is 0 Å². The molecule has 12 aromatic rings. The Kier molecular flexibility index (Phi) is 10.6. The first-order valence-electron chi connectivity index (χ1n) is 23.2. The van der Waals surface area contributed by atoms with Crippen molar-refractivity contribution in [1.82, 2.24) is 0 Å². The minimum atomic E-state index is 0.890. The molecule has 12 rings (SSSR count). The Labute approximate surface area is 397 Å². The van der Waals surface area contributed by atoms with Gasteiger partial charge in [-0.2, -0.15) is 0 Å². The van der Waals surface area contributed by atoms with Crippen LogP contribution in [-0.4, -0.2) is 0 Å². The lowest BCUT2D eigenvalue weighted by Gasteiger charge is -2.29. The van der Waals surface area contributed by atoms with Gasteiger partial charge in [0, 0.05) is 27.7 Å². The fraction of sp³-hybridized carbons (Fsp3) is 0. The second-order valence-corrected chi connectivity index (χ2v) is 17.2. The molecule has 0 radical (unpaired) electrons. The molecule has 0 N–H and O–H groups in total. The number of hydrogen-bond donors (Lipinski definition) is 0. The van der Waals surface area contributed by atoms with Crippen LogP contribution in [0.15, 0.2) is 277 Å². The van der Waals surface area contributed by atoms with Crippen molar-refractivity contribution in [2.75, 3.05) is 4.90 Å². The molecule has 2 heteroatoms. The molecule has 0 unspecified atom stereocenters. The number of fused-ring (bicyclic) bond motifs is 3. The zero-order valence-electron chi connectivity index (χ0n) is 37.3. The summed E-state index contributed by atoms with van der Waals surface area (Å²) >= 11 is 0. The molecular weight excluding hydrogens is 823 g/mol. The quantitative estimate of drug-likeness (QED) is 0.136. The number of rotatable bonds is 10. The third-order valence-corrected chi connectivity index (χ3v) is 13.2. The number of furan rings is 1. The predicted molar refractivity (Wildman–Crippen MR) is 286 cm³/mol. The van der Waals surface area contributed by atoms with Crippen LogP contribution in [0.5, 0.6) is 0 Å². The summed E-state index contributed by atoms with van der Waals surface area (Å²) in [6, 6.07) is 98.2. The van der Waals surface area contributed by atoms with E-state index in [1.54, 1.807) is 0 Å². The van der Waals surface area contributed by atoms with Gasteiger partial charge < -0.3 is 9.32 Å². The van der Waals surface area contributed by atoms with E-state index in [1.165, 1.54) is 50.1 Å². The molecular formula is C66H45NO. The standard InChI is InChI=1S/C66H45NO/c1-4-16-46(17-5-1)48-28-30-49(31-29-48)50-32-38-55(39-33-50)67(56-40-34-51(35-41-56)54-37-43-62-61-25-13-15-27-65(61)68-66(62)45-54)64-26-14-12-24-60(64)59-42-36-53(47-18-6-2-7-19-47)44-63(59)58-23-11-10-22-57(58)52-20-8-3-9-21-52/h1-45H. The van der Waals surface area contributed by atoms with Crippen molar-refractivity contribution in [2.45, 2.75) is 0 Å². The van der Waals surface area contributed by atoms with E-state index < -0.39 is 0 Å². The van der Waals surface area contributed by atoms with Crippen molar-refractivity contribution < 1.29 is 4.42 Å². The highest BCUT2D eigenvalue weighted by Gasteiger charge is 2.22. The lowest BCUT2D eigenvalue weighted by Crippen LogP contribution is -2.11. The molecule has 1 aromatic heterocycles. The van der Waals surface area contributed by atoms with E-state index in [-0.39, 0.29) is 0 Å². The van der Waals surface area contributed by atoms with E-state index in [9.17, 15) is 0 Å². The lowest BCUT2D eigenvalue weighted by atomic mass is 9.86. The third-order valence-electron chi connectivity index (χ3n) is 13.2. The summed E-state index contributed by atoms with van der Waals surface area (Å²) in [5, 5.41) is 2.26. The molecule has 2 nitrogen and oxygen atoms in total. The van der Waals surface area contributed by atoms with Gasteiger partial charge in [0.1, 0.15) is 11.2 Å². The Balaban J connectivity index is 0.997. The summed E-state index contributed by atoms with van der Waals surface area (Å²) in [7, 11) is 0. The van der Waals surface area contributed by atoms with Crippen LogP contribution in [0.4, 0.5) is 17.1 Å². The van der Waals surface area contributed by atoms with Gasteiger partial charge in [-0.15, -0.1) is 0 Å². The second-order valence-electron chi connectivity index (χ2n) is 17.2. The normalized spacial score (nSPS) is 11.2. The van der Waals surface area contributed by atoms with Gasteiger partial charge in [0.2, 0.25) is 0 Å². The van der Waals surface area contributed by atoms with E-state index in [0.29, 0.717) is 0 Å². The molecule has 0 amide bonds. The van der Waals surface area contributed by atoms with Gasteiger partial charge in [-0.1, -0.05) is 218 Å².